The van der Waals surface area contributed by atoms with Crippen LogP contribution in [0.25, 0.3) is 5.65 Å². The molecule has 0 spiro atoms. The van der Waals surface area contributed by atoms with Gasteiger partial charge in [0.05, 0.1) is 31.5 Å². The highest BCUT2D eigenvalue weighted by atomic mass is 16.5. The molecule has 5 N–H and O–H groups in total. The largest absolute Gasteiger partial charge is 0.492 e. The zero-order chi connectivity index (χ0) is 36.8. The summed E-state index contributed by atoms with van der Waals surface area (Å²) in [5.74, 6) is 2.70. The average molecular weight is 711 g/mol. The Hall–Kier alpha value is -4.98. The molecule has 2 aliphatic rings. The van der Waals surface area contributed by atoms with E-state index in [2.05, 4.69) is 43.3 Å². The number of nitrogens with one attached hydrogen (secondary N) is 1. The molecular weight excluding hydrogens is 658 g/mol. The van der Waals surface area contributed by atoms with Crippen molar-refractivity contribution < 1.29 is 24.3 Å². The van der Waals surface area contributed by atoms with E-state index in [0.717, 1.165) is 53.0 Å². The van der Waals surface area contributed by atoms with Gasteiger partial charge in [-0.25, -0.2) is 4.79 Å². The third-order valence-corrected chi connectivity index (χ3v) is 9.37. The van der Waals surface area contributed by atoms with Gasteiger partial charge >= 0.3 is 6.03 Å². The Kier molecular flexibility index (Phi) is 11.4. The SMILES string of the molecule is C[C@H]1COCCN1c1nnc2ccc(O[C@@H]3CC[C@H](NC(=O)/N=C(\C=C(/N)C(C)(C)C)[NH2+]c4cccc(OCCN(C)C)c4)c4ccccc43)cn12. The fourth-order valence-electron chi connectivity index (χ4n) is 6.33. The molecular formula is C39H52N9O4+. The molecule has 13 nitrogen and oxygen atoms in total. The lowest BCUT2D eigenvalue weighted by atomic mass is 9.85. The van der Waals surface area contributed by atoms with Gasteiger partial charge in [0.1, 0.15) is 29.9 Å². The number of quaternary nitrogens is 1. The number of fused-ring (bicyclic) bond motifs is 2. The van der Waals surface area contributed by atoms with Crippen LogP contribution in [0.15, 0.2) is 83.6 Å². The summed E-state index contributed by atoms with van der Waals surface area (Å²) in [7, 11) is 4.02. The van der Waals surface area contributed by atoms with E-state index >= 15 is 0 Å². The van der Waals surface area contributed by atoms with Crippen LogP contribution in [-0.2, 0) is 4.74 Å². The molecule has 6 rings (SSSR count). The van der Waals surface area contributed by atoms with Crippen LogP contribution in [0.5, 0.6) is 11.5 Å². The van der Waals surface area contributed by atoms with Gasteiger partial charge in [-0.3, -0.25) is 9.72 Å². The number of rotatable bonds is 10. The third-order valence-electron chi connectivity index (χ3n) is 9.37. The number of benzene rings is 2. The first kappa shape index (κ1) is 36.8. The summed E-state index contributed by atoms with van der Waals surface area (Å²) in [6.07, 6.45) is 4.92. The number of allylic oxidation sites excluding steroid dienone is 1. The number of ether oxygens (including phenoxy) is 3. The van der Waals surface area contributed by atoms with Crippen molar-refractivity contribution in [2.75, 3.05) is 51.9 Å². The van der Waals surface area contributed by atoms with Crippen LogP contribution < -0.4 is 30.7 Å². The lowest BCUT2D eigenvalue weighted by Crippen LogP contribution is -2.82. The number of hydrogen-bond acceptors (Lipinski definition) is 9. The smallest absolute Gasteiger partial charge is 0.346 e. The first-order valence-corrected chi connectivity index (χ1v) is 18.0. The second-order valence-electron chi connectivity index (χ2n) is 14.8. The standard InChI is InChI=1S/C39H51N9O4/c1-26-25-50-20-19-47(26)38-45-44-36-17-14-29(24-48(36)38)52-33-16-15-32(30-12-7-8-13-31(30)33)42-37(49)43-35(23-34(40)39(2,3)4)41-27-10-9-11-28(22-27)51-21-18-46(5)6/h7-14,17,22-24,26,32-33H,15-16,18-21,25,40H2,1-6H3,(H2,41,42,43,49)/p+1/b34-23-/t26-,32-,33+/m0/s1. The number of nitrogens with zero attached hydrogens (tertiary/aromatic N) is 6. The van der Waals surface area contributed by atoms with Crippen molar-refractivity contribution in [3.05, 3.63) is 89.8 Å². The Morgan fingerprint density at radius 3 is 2.67 bits per heavy atom. The monoisotopic (exact) mass is 710 g/mol. The summed E-state index contributed by atoms with van der Waals surface area (Å²) in [4.78, 5) is 22.4. The molecule has 52 heavy (non-hydrogen) atoms. The Bertz CT molecular complexity index is 1910. The molecule has 4 aromatic rings. The van der Waals surface area contributed by atoms with Gasteiger partial charge in [-0.05, 0) is 69.3 Å². The van der Waals surface area contributed by atoms with E-state index < -0.39 is 6.03 Å². The molecule has 0 radical (unpaired) electrons. The van der Waals surface area contributed by atoms with Gasteiger partial charge in [0.15, 0.2) is 5.65 Å². The van der Waals surface area contributed by atoms with Crippen molar-refractivity contribution in [3.63, 3.8) is 0 Å². The molecule has 2 aromatic heterocycles. The first-order valence-electron chi connectivity index (χ1n) is 18.0. The minimum Gasteiger partial charge on any atom is -0.492 e. The Balaban J connectivity index is 1.18. The highest BCUT2D eigenvalue weighted by Gasteiger charge is 2.30. The summed E-state index contributed by atoms with van der Waals surface area (Å²) >= 11 is 0. The minimum atomic E-state index is -0.440. The molecule has 1 saturated heterocycles. The topological polar surface area (TPSA) is 148 Å². The number of nitrogens with two attached hydrogens (primary N) is 2. The average Bonchev–Trinajstić information content (AvgIpc) is 3.52. The molecule has 2 aromatic carbocycles. The molecule has 13 heteroatoms. The number of likely N-dealkylation sites (N-methyl/N-ethyl adjacent to an activating group) is 1. The summed E-state index contributed by atoms with van der Waals surface area (Å²) in [6.45, 7) is 11.6. The van der Waals surface area contributed by atoms with E-state index in [1.54, 1.807) is 6.08 Å². The molecule has 0 bridgehead atoms. The number of pyridine rings is 1. The lowest BCUT2D eigenvalue weighted by Gasteiger charge is -2.33. The van der Waals surface area contributed by atoms with Crippen molar-refractivity contribution >= 4 is 29.1 Å². The quantitative estimate of drug-likeness (QED) is 0.121. The summed E-state index contributed by atoms with van der Waals surface area (Å²) in [5.41, 5.74) is 10.4. The number of urea groups is 1. The second kappa shape index (κ2) is 16.1. The van der Waals surface area contributed by atoms with Gasteiger partial charge in [0.2, 0.25) is 11.8 Å². The summed E-state index contributed by atoms with van der Waals surface area (Å²) in [5, 5.41) is 13.9. The number of amides is 2. The van der Waals surface area contributed by atoms with E-state index in [-0.39, 0.29) is 23.6 Å². The van der Waals surface area contributed by atoms with E-state index in [4.69, 9.17) is 19.9 Å². The highest BCUT2D eigenvalue weighted by Crippen LogP contribution is 2.39. The maximum Gasteiger partial charge on any atom is 0.346 e. The number of carbonyl (C=O) groups excluding carboxylic acids is 1. The van der Waals surface area contributed by atoms with Crippen LogP contribution in [0.1, 0.15) is 63.8 Å². The van der Waals surface area contributed by atoms with Crippen molar-refractivity contribution in [1.82, 2.24) is 24.8 Å². The summed E-state index contributed by atoms with van der Waals surface area (Å²) < 4.78 is 20.2. The number of morpholine rings is 1. The fraction of sp³-hybridized carbons (Fsp3) is 0.436. The molecule has 1 fully saturated rings. The number of hydrogen-bond donors (Lipinski definition) is 3. The fourth-order valence-corrected chi connectivity index (χ4v) is 6.33. The maximum absolute atomic E-state index is 13.6. The molecule has 0 unspecified atom stereocenters. The first-order chi connectivity index (χ1) is 24.9. The van der Waals surface area contributed by atoms with Gasteiger partial charge in [-0.1, -0.05) is 51.1 Å². The molecule has 2 amide bonds. The van der Waals surface area contributed by atoms with Gasteiger partial charge in [0, 0.05) is 36.3 Å². The van der Waals surface area contributed by atoms with E-state index in [9.17, 15) is 4.79 Å². The zero-order valence-electron chi connectivity index (χ0n) is 31.1. The molecule has 1 aliphatic carbocycles. The van der Waals surface area contributed by atoms with Crippen molar-refractivity contribution in [2.24, 2.45) is 16.1 Å². The normalized spacial score (nSPS) is 19.8. The van der Waals surface area contributed by atoms with Gasteiger partial charge in [-0.2, -0.15) is 0 Å². The van der Waals surface area contributed by atoms with Gasteiger partial charge in [0.25, 0.3) is 0 Å². The number of aliphatic imine (C=N–C) groups is 1. The third kappa shape index (κ3) is 9.08. The predicted molar refractivity (Wildman–Crippen MR) is 202 cm³/mol. The van der Waals surface area contributed by atoms with Crippen LogP contribution in [-0.4, -0.2) is 84.4 Å². The van der Waals surface area contributed by atoms with Crippen LogP contribution in [0.3, 0.4) is 0 Å². The number of carbonyl (C=O) groups is 1. The van der Waals surface area contributed by atoms with Crippen molar-refractivity contribution in [2.45, 2.75) is 58.7 Å². The van der Waals surface area contributed by atoms with E-state index in [1.165, 1.54) is 0 Å². The predicted octanol–water partition coefficient (Wildman–Crippen LogP) is 4.74. The number of aromatic nitrogens is 3. The van der Waals surface area contributed by atoms with Crippen LogP contribution >= 0.6 is 0 Å². The van der Waals surface area contributed by atoms with Crippen LogP contribution in [0.2, 0.25) is 0 Å². The summed E-state index contributed by atoms with van der Waals surface area (Å²) in [6, 6.07) is 19.2. The van der Waals surface area contributed by atoms with Crippen molar-refractivity contribution in [1.29, 1.82) is 0 Å². The van der Waals surface area contributed by atoms with E-state index in [1.807, 2.05) is 105 Å². The van der Waals surface area contributed by atoms with Crippen LogP contribution in [0.4, 0.5) is 16.4 Å². The Labute approximate surface area is 305 Å². The Morgan fingerprint density at radius 2 is 1.90 bits per heavy atom. The Morgan fingerprint density at radius 1 is 1.10 bits per heavy atom. The maximum atomic E-state index is 13.6. The van der Waals surface area contributed by atoms with E-state index in [0.29, 0.717) is 44.2 Å². The molecule has 1 aliphatic heterocycles. The molecule has 3 atom stereocenters. The highest BCUT2D eigenvalue weighted by molar-refractivity contribution is 5.96. The minimum absolute atomic E-state index is 0.192. The molecule has 276 valence electrons. The van der Waals surface area contributed by atoms with Crippen LogP contribution in [0, 0.1) is 5.41 Å². The van der Waals surface area contributed by atoms with Crippen molar-refractivity contribution in [3.8, 4) is 11.5 Å². The molecule has 3 heterocycles. The lowest BCUT2D eigenvalue weighted by molar-refractivity contribution is -0.441. The van der Waals surface area contributed by atoms with Gasteiger partial charge in [-0.15, -0.1) is 15.2 Å². The molecule has 0 saturated carbocycles. The number of amidine groups is 1. The number of anilines is 1. The van der Waals surface area contributed by atoms with Gasteiger partial charge < -0.3 is 35.1 Å². The second-order valence-corrected chi connectivity index (χ2v) is 14.8. The zero-order valence-corrected chi connectivity index (χ0v) is 31.1.